The Balaban J connectivity index is -0.0000000267. The predicted molar refractivity (Wildman–Crippen MR) is 20.4 cm³/mol. The molecule has 0 aromatic carbocycles. The van der Waals surface area contributed by atoms with Gasteiger partial charge in [-0.1, -0.05) is 0 Å². The molecule has 0 saturated heterocycles. The van der Waals surface area contributed by atoms with Crippen molar-refractivity contribution in [2.45, 2.75) is 0 Å². The topological polar surface area (TPSA) is 80.9 Å². The van der Waals surface area contributed by atoms with E-state index >= 15 is 0 Å². The molecule has 42 valence electrons. The van der Waals surface area contributed by atoms with Crippen molar-refractivity contribution >= 4 is 26.4 Å². The summed E-state index contributed by atoms with van der Waals surface area (Å²) in [6.07, 6.45) is 0. The van der Waals surface area contributed by atoms with Crippen molar-refractivity contribution in [3.05, 3.63) is 0 Å². The molecule has 0 unspecified atom stereocenters. The van der Waals surface area contributed by atoms with Crippen molar-refractivity contribution in [2.24, 2.45) is 0 Å². The van der Waals surface area contributed by atoms with Crippen LogP contribution in [-0.2, 0) is 41.9 Å². The number of rotatable bonds is 0. The zero-order valence-corrected chi connectivity index (χ0v) is 10.5. The van der Waals surface area contributed by atoms with Crippen LogP contribution in [0.3, 0.4) is 0 Å². The molecule has 0 heterocycles. The third-order valence-electron chi connectivity index (χ3n) is 0. The van der Waals surface area contributed by atoms with Crippen LogP contribution < -0.4 is 0 Å². The Kier molecular flexibility index (Phi) is 25.2. The van der Waals surface area contributed by atoms with E-state index in [1.165, 1.54) is 0 Å². The molecule has 0 rings (SSSR count). The summed E-state index contributed by atoms with van der Waals surface area (Å²) in [5, 5.41) is 0. The van der Waals surface area contributed by atoms with E-state index in [2.05, 4.69) is 0 Å². The first-order valence-electron chi connectivity index (χ1n) is 0.894. The molecule has 0 aliphatic heterocycles. The summed E-state index contributed by atoms with van der Waals surface area (Å²) in [6.45, 7) is 0. The summed E-state index contributed by atoms with van der Waals surface area (Å²) in [5.74, 6) is 0. The molecule has 0 aliphatic carbocycles. The van der Waals surface area contributed by atoms with Gasteiger partial charge in [0.05, 0.1) is 0 Å². The summed E-state index contributed by atoms with van der Waals surface area (Å²) in [5.41, 5.74) is 0. The van der Waals surface area contributed by atoms with Crippen molar-refractivity contribution in [1.29, 1.82) is 0 Å². The van der Waals surface area contributed by atoms with E-state index in [-0.39, 0.29) is 59.2 Å². The Labute approximate surface area is 86.8 Å². The van der Waals surface area contributed by atoms with E-state index in [0.717, 1.165) is 0 Å². The quantitative estimate of drug-likeness (QED) is 0.359. The minimum atomic E-state index is -4.61. The van der Waals surface area contributed by atoms with Gasteiger partial charge in [0.2, 0.25) is 0 Å². The molecule has 4 N–H and O–H groups in total. The fourth-order valence-electron chi connectivity index (χ4n) is 0. The number of hydrogen-bond acceptors (Lipinski definition) is 4. The molecule has 0 fully saturated rings. The van der Waals surface area contributed by atoms with Gasteiger partial charge in [0, 0.05) is 0 Å². The Morgan fingerprint density at radius 3 is 0.875 bits per heavy atom. The molecule has 0 aromatic rings. The predicted octanol–water partition coefficient (Wildman–Crippen LogP) is -2.99. The van der Waals surface area contributed by atoms with E-state index in [1.54, 1.807) is 0 Å². The van der Waals surface area contributed by atoms with Gasteiger partial charge < -0.3 is 19.2 Å². The van der Waals surface area contributed by atoms with Crippen LogP contribution >= 0.6 is 0 Å². The molecule has 4 nitrogen and oxygen atoms in total. The molecule has 0 bridgehead atoms. The van der Waals surface area contributed by atoms with E-state index in [4.69, 9.17) is 19.2 Å². The molecule has 8 heavy (non-hydrogen) atoms. The van der Waals surface area contributed by atoms with Crippen molar-refractivity contribution in [3.8, 4) is 0 Å². The van der Waals surface area contributed by atoms with Crippen LogP contribution in [0.15, 0.2) is 0 Å². The van der Waals surface area contributed by atoms with Gasteiger partial charge in [0.1, 0.15) is 0 Å². The molecular formula is H4AgAlO4SiZn+6. The van der Waals surface area contributed by atoms with Crippen molar-refractivity contribution in [1.82, 2.24) is 0 Å². The summed E-state index contributed by atoms with van der Waals surface area (Å²) in [4.78, 5) is 29.3. The molecule has 0 saturated carbocycles. The average molecular weight is 296 g/mol. The van der Waals surface area contributed by atoms with E-state index < -0.39 is 9.05 Å². The van der Waals surface area contributed by atoms with Crippen LogP contribution in [-0.4, -0.2) is 45.6 Å². The second kappa shape index (κ2) is 8.95. The maximum Gasteiger partial charge on any atom is 3.00 e. The van der Waals surface area contributed by atoms with Gasteiger partial charge in [-0.15, -0.1) is 0 Å². The molecule has 0 aromatic heterocycles. The zero-order valence-electron chi connectivity index (χ0n) is 3.87. The second-order valence-corrected chi connectivity index (χ2v) is 1.80. The molecule has 8 heteroatoms. The van der Waals surface area contributed by atoms with Crippen molar-refractivity contribution < 1.29 is 61.0 Å². The molecule has 0 spiro atoms. The maximum absolute atomic E-state index is 7.33. The van der Waals surface area contributed by atoms with Crippen molar-refractivity contribution in [3.63, 3.8) is 0 Å². The second-order valence-electron chi connectivity index (χ2n) is 0.600. The van der Waals surface area contributed by atoms with Crippen LogP contribution in [0.2, 0.25) is 0 Å². The van der Waals surface area contributed by atoms with Crippen LogP contribution in [0, 0.1) is 0 Å². The monoisotopic (exact) mass is 294 g/mol. The summed E-state index contributed by atoms with van der Waals surface area (Å²) in [6, 6.07) is 0. The smallest absolute Gasteiger partial charge is 0.368 e. The normalized spacial score (nSPS) is 7.50. The van der Waals surface area contributed by atoms with Crippen LogP contribution in [0.5, 0.6) is 0 Å². The number of hydrogen-bond donors (Lipinski definition) is 4. The SMILES string of the molecule is O[Si](O)(O)O.[Ag+].[Al+3].[Zn+2]. The molecule has 0 radical (unpaired) electrons. The van der Waals surface area contributed by atoms with Gasteiger partial charge in [0.15, 0.2) is 0 Å². The summed E-state index contributed by atoms with van der Waals surface area (Å²) >= 11 is 0. The van der Waals surface area contributed by atoms with Gasteiger partial charge in [-0.2, -0.15) is 0 Å². The van der Waals surface area contributed by atoms with E-state index in [0.29, 0.717) is 0 Å². The fraction of sp³-hybridized carbons (Fsp3) is 0. The van der Waals surface area contributed by atoms with Crippen LogP contribution in [0.4, 0.5) is 0 Å². The minimum Gasteiger partial charge on any atom is -0.368 e. The van der Waals surface area contributed by atoms with E-state index in [9.17, 15) is 0 Å². The Bertz CT molecular complexity index is 31.5. The standard InChI is InChI=1S/Ag.Al.H4O4Si.Zn/c;;1-5(2,3)4;/h;;1-4H;/q+1;+3;;+2. The largest absolute Gasteiger partial charge is 3.00 e. The first-order valence-corrected chi connectivity index (χ1v) is 2.68. The van der Waals surface area contributed by atoms with Crippen LogP contribution in [0.25, 0.3) is 0 Å². The van der Waals surface area contributed by atoms with E-state index in [1.807, 2.05) is 0 Å². The Morgan fingerprint density at radius 1 is 0.875 bits per heavy atom. The van der Waals surface area contributed by atoms with Gasteiger partial charge in [0.25, 0.3) is 0 Å². The Hall–Kier alpha value is 1.95. The molecule has 0 aliphatic rings. The molecular weight excluding hydrogens is 292 g/mol. The van der Waals surface area contributed by atoms with Gasteiger partial charge in [-0.3, -0.25) is 0 Å². The third-order valence-corrected chi connectivity index (χ3v) is 0. The third kappa shape index (κ3) is 101. The minimum absolute atomic E-state index is 0. The Morgan fingerprint density at radius 2 is 0.875 bits per heavy atom. The zero-order chi connectivity index (χ0) is 4.50. The first-order chi connectivity index (χ1) is 2.00. The summed E-state index contributed by atoms with van der Waals surface area (Å²) in [7, 11) is -4.61. The average Bonchev–Trinajstić information content (AvgIpc) is 0.722. The fourth-order valence-corrected chi connectivity index (χ4v) is 0. The molecule has 0 atom stereocenters. The van der Waals surface area contributed by atoms with Gasteiger partial charge in [-0.25, -0.2) is 0 Å². The van der Waals surface area contributed by atoms with Crippen LogP contribution in [0.1, 0.15) is 0 Å². The molecule has 0 amide bonds. The van der Waals surface area contributed by atoms with Crippen molar-refractivity contribution in [2.75, 3.05) is 0 Å². The first kappa shape index (κ1) is 22.5. The maximum atomic E-state index is 7.33. The van der Waals surface area contributed by atoms with Gasteiger partial charge >= 0.3 is 68.3 Å². The van der Waals surface area contributed by atoms with Gasteiger partial charge in [-0.05, 0) is 0 Å². The summed E-state index contributed by atoms with van der Waals surface area (Å²) < 4.78 is 0.